The molecule has 0 unspecified atom stereocenters. The topological polar surface area (TPSA) is 112 Å². The van der Waals surface area contributed by atoms with E-state index < -0.39 is 24.6 Å². The fourth-order valence-corrected chi connectivity index (χ4v) is 1.95. The molecule has 1 heterocycles. The predicted molar refractivity (Wildman–Crippen MR) is 65.4 cm³/mol. The minimum atomic E-state index is -1.30. The molecule has 7 nitrogen and oxygen atoms in total. The maximum Gasteiger partial charge on any atom is 0.328 e. The number of aromatic nitrogens is 1. The minimum absolute atomic E-state index is 0.230. The van der Waals surface area contributed by atoms with Crippen molar-refractivity contribution in [3.8, 4) is 0 Å². The molecule has 0 radical (unpaired) electrons. The molecule has 1 aromatic heterocycles. The smallest absolute Gasteiger partial charge is 0.328 e. The summed E-state index contributed by atoms with van der Waals surface area (Å²) in [4.78, 5) is 27.1. The van der Waals surface area contributed by atoms with Crippen molar-refractivity contribution in [1.82, 2.24) is 15.6 Å². The van der Waals surface area contributed by atoms with Gasteiger partial charge in [0.15, 0.2) is 6.04 Å². The van der Waals surface area contributed by atoms with Gasteiger partial charge in [0.1, 0.15) is 5.01 Å². The number of carboxylic acid groups (broad SMARTS) is 1. The molecule has 0 saturated carbocycles. The molecule has 0 spiro atoms. The molecule has 18 heavy (non-hydrogen) atoms. The molecule has 1 rings (SSSR count). The first kappa shape index (κ1) is 14.4. The average Bonchev–Trinajstić information content (AvgIpc) is 2.81. The fourth-order valence-electron chi connectivity index (χ4n) is 1.14. The van der Waals surface area contributed by atoms with Crippen LogP contribution in [0.5, 0.6) is 0 Å². The minimum Gasteiger partial charge on any atom is -0.480 e. The molecule has 4 N–H and O–H groups in total. The Hall–Kier alpha value is -1.67. The van der Waals surface area contributed by atoms with E-state index >= 15 is 0 Å². The third-order valence-corrected chi connectivity index (χ3v) is 3.28. The van der Waals surface area contributed by atoms with E-state index in [0.717, 1.165) is 16.3 Å². The maximum atomic E-state index is 11.3. The average molecular weight is 273 g/mol. The van der Waals surface area contributed by atoms with Crippen molar-refractivity contribution >= 4 is 23.3 Å². The Morgan fingerprint density at radius 3 is 2.78 bits per heavy atom. The fraction of sp³-hybridized carbons (Fsp3) is 0.500. The lowest BCUT2D eigenvalue weighted by atomic mass is 10.3. The summed E-state index contributed by atoms with van der Waals surface area (Å²) in [5, 5.41) is 22.7. The number of aryl methyl sites for hydroxylation is 1. The van der Waals surface area contributed by atoms with E-state index in [1.807, 2.05) is 6.92 Å². The number of rotatable bonds is 6. The number of thiazole rings is 1. The molecule has 0 saturated heterocycles. The zero-order valence-corrected chi connectivity index (χ0v) is 10.7. The first-order valence-corrected chi connectivity index (χ1v) is 6.20. The van der Waals surface area contributed by atoms with Gasteiger partial charge in [-0.3, -0.25) is 0 Å². The molecular formula is C10H15N3O4S. The predicted octanol–water partition coefficient (Wildman–Crippen LogP) is -0.0498. The summed E-state index contributed by atoms with van der Waals surface area (Å²) in [6, 6.07) is -1.95. The van der Waals surface area contributed by atoms with Gasteiger partial charge in [-0.25, -0.2) is 14.6 Å². The van der Waals surface area contributed by atoms with Gasteiger partial charge in [-0.05, 0) is 6.42 Å². The van der Waals surface area contributed by atoms with Gasteiger partial charge in [-0.15, -0.1) is 11.3 Å². The molecule has 1 aromatic rings. The molecule has 8 heteroatoms. The third-order valence-electron chi connectivity index (χ3n) is 2.14. The van der Waals surface area contributed by atoms with Crippen LogP contribution in [0, 0.1) is 0 Å². The van der Waals surface area contributed by atoms with Gasteiger partial charge in [0.2, 0.25) is 0 Å². The number of aliphatic hydroxyl groups excluding tert-OH is 1. The van der Waals surface area contributed by atoms with Crippen LogP contribution in [0.25, 0.3) is 0 Å². The highest BCUT2D eigenvalue weighted by atomic mass is 32.1. The van der Waals surface area contributed by atoms with Crippen molar-refractivity contribution in [1.29, 1.82) is 0 Å². The third kappa shape index (κ3) is 4.30. The number of carboxylic acids is 1. The standard InChI is InChI=1S/C10H15N3O4S/c1-2-6-3-11-8(18-6)4-12-10(17)13-7(5-14)9(15)16/h3,7,14H,2,4-5H2,1H3,(H,15,16)(H2,12,13,17)/t7-/m1/s1. The van der Waals surface area contributed by atoms with Crippen molar-refractivity contribution in [2.45, 2.75) is 25.9 Å². The van der Waals surface area contributed by atoms with Gasteiger partial charge < -0.3 is 20.8 Å². The van der Waals surface area contributed by atoms with Gasteiger partial charge in [0, 0.05) is 11.1 Å². The van der Waals surface area contributed by atoms with Crippen molar-refractivity contribution in [2.75, 3.05) is 6.61 Å². The second kappa shape index (κ2) is 6.92. The second-order valence-corrected chi connectivity index (χ2v) is 4.67. The zero-order chi connectivity index (χ0) is 13.5. The van der Waals surface area contributed by atoms with E-state index in [-0.39, 0.29) is 6.54 Å². The number of urea groups is 1. The highest BCUT2D eigenvalue weighted by Gasteiger charge is 2.18. The SMILES string of the molecule is CCc1cnc(CNC(=O)N[C@H](CO)C(=O)O)s1. The monoisotopic (exact) mass is 273 g/mol. The van der Waals surface area contributed by atoms with E-state index in [9.17, 15) is 9.59 Å². The Morgan fingerprint density at radius 2 is 2.28 bits per heavy atom. The number of hydrogen-bond acceptors (Lipinski definition) is 5. The van der Waals surface area contributed by atoms with Crippen molar-refractivity contribution in [3.63, 3.8) is 0 Å². The summed E-state index contributed by atoms with van der Waals surface area (Å²) in [7, 11) is 0. The van der Waals surface area contributed by atoms with Crippen molar-refractivity contribution in [3.05, 3.63) is 16.1 Å². The van der Waals surface area contributed by atoms with Crippen LogP contribution in [0.1, 0.15) is 16.8 Å². The molecule has 0 aliphatic carbocycles. The zero-order valence-electron chi connectivity index (χ0n) is 9.84. The lowest BCUT2D eigenvalue weighted by Gasteiger charge is -2.11. The number of nitrogens with zero attached hydrogens (tertiary/aromatic N) is 1. The van der Waals surface area contributed by atoms with E-state index in [4.69, 9.17) is 10.2 Å². The molecule has 0 bridgehead atoms. The maximum absolute atomic E-state index is 11.3. The number of nitrogens with one attached hydrogen (secondary N) is 2. The summed E-state index contributed by atoms with van der Waals surface area (Å²) < 4.78 is 0. The van der Waals surface area contributed by atoms with E-state index in [0.29, 0.717) is 0 Å². The van der Waals surface area contributed by atoms with Crippen molar-refractivity contribution in [2.24, 2.45) is 0 Å². The number of carbonyl (C=O) groups is 2. The summed E-state index contributed by atoms with van der Waals surface area (Å²) in [5.74, 6) is -1.28. The highest BCUT2D eigenvalue weighted by Crippen LogP contribution is 2.12. The molecule has 1 atom stereocenters. The second-order valence-electron chi connectivity index (χ2n) is 3.47. The normalized spacial score (nSPS) is 11.9. The number of carbonyl (C=O) groups excluding carboxylic acids is 1. The summed E-state index contributed by atoms with van der Waals surface area (Å²) in [6.07, 6.45) is 2.63. The Kier molecular flexibility index (Phi) is 5.53. The first-order chi connectivity index (χ1) is 8.56. The van der Waals surface area contributed by atoms with Gasteiger partial charge >= 0.3 is 12.0 Å². The summed E-state index contributed by atoms with van der Waals surface area (Å²) in [6.45, 7) is 1.59. The number of amides is 2. The Morgan fingerprint density at radius 1 is 1.56 bits per heavy atom. The molecule has 100 valence electrons. The Bertz CT molecular complexity index is 421. The lowest BCUT2D eigenvalue weighted by molar-refractivity contribution is -0.140. The van der Waals surface area contributed by atoms with Crippen molar-refractivity contribution < 1.29 is 19.8 Å². The van der Waals surface area contributed by atoms with E-state index in [1.54, 1.807) is 6.20 Å². The van der Waals surface area contributed by atoms with Crippen LogP contribution >= 0.6 is 11.3 Å². The lowest BCUT2D eigenvalue weighted by Crippen LogP contribution is -2.47. The molecule has 0 aliphatic heterocycles. The quantitative estimate of drug-likeness (QED) is 0.580. The molecule has 0 fully saturated rings. The van der Waals surface area contributed by atoms with Gasteiger partial charge in [0.05, 0.1) is 13.2 Å². The van der Waals surface area contributed by atoms with Crippen LogP contribution < -0.4 is 10.6 Å². The molecular weight excluding hydrogens is 258 g/mol. The van der Waals surface area contributed by atoms with Crippen LogP contribution in [0.4, 0.5) is 4.79 Å². The van der Waals surface area contributed by atoms with Gasteiger partial charge in [0.25, 0.3) is 0 Å². The Labute approximate surface area is 108 Å². The number of hydrogen-bond donors (Lipinski definition) is 4. The summed E-state index contributed by atoms with van der Waals surface area (Å²) >= 11 is 1.49. The molecule has 0 aliphatic rings. The molecule has 2 amide bonds. The van der Waals surface area contributed by atoms with Gasteiger partial charge in [-0.2, -0.15) is 0 Å². The highest BCUT2D eigenvalue weighted by molar-refractivity contribution is 7.11. The van der Waals surface area contributed by atoms with Crippen LogP contribution in [-0.2, 0) is 17.8 Å². The largest absolute Gasteiger partial charge is 0.480 e. The van der Waals surface area contributed by atoms with E-state index in [1.165, 1.54) is 11.3 Å². The van der Waals surface area contributed by atoms with Crippen LogP contribution in [-0.4, -0.2) is 39.8 Å². The first-order valence-electron chi connectivity index (χ1n) is 5.38. The Balaban J connectivity index is 2.38. The summed E-state index contributed by atoms with van der Waals surface area (Å²) in [5.41, 5.74) is 0. The molecule has 0 aromatic carbocycles. The van der Waals surface area contributed by atoms with E-state index in [2.05, 4.69) is 15.6 Å². The van der Waals surface area contributed by atoms with Crippen LogP contribution in [0.2, 0.25) is 0 Å². The number of aliphatic hydroxyl groups is 1. The van der Waals surface area contributed by atoms with Crippen LogP contribution in [0.3, 0.4) is 0 Å². The number of aliphatic carboxylic acids is 1. The van der Waals surface area contributed by atoms with Crippen LogP contribution in [0.15, 0.2) is 6.20 Å². The van der Waals surface area contributed by atoms with Gasteiger partial charge in [-0.1, -0.05) is 6.92 Å².